The molecule has 18 aromatic rings. The number of hydrogen-bond donors (Lipinski definition) is 1. The van der Waals surface area contributed by atoms with E-state index in [1.807, 2.05) is 60.9 Å². The van der Waals surface area contributed by atoms with Gasteiger partial charge in [0.25, 0.3) is 0 Å². The molecule has 0 saturated carbocycles. The number of pyridine rings is 2. The SMILES string of the molecule is Brc1cccc(-c2ccc(-c3cccc4c3C3(c5ccccc5-c5ccccc53)c3ccc5ccccc5c3-4)cc2)c1.c1ccc(N(c2cccnc2)c2cccc(-c3ccc(-c4cccc5c4C4(c6ccccc6-c6ccccc64)c4ccc6ccccc6c4-5)cc3)c2)cc1.c1ccc(Nc2cccnc2)cc1. The van der Waals surface area contributed by atoms with Gasteiger partial charge in [-0.3, -0.25) is 9.97 Å². The number of nitrogens with one attached hydrogen (secondary N) is 1. The molecule has 0 aliphatic heterocycles. The summed E-state index contributed by atoms with van der Waals surface area (Å²) in [6, 6.07) is 141. The molecule has 0 unspecified atom stereocenters. The second-order valence-electron chi connectivity index (χ2n) is 28.4. The van der Waals surface area contributed by atoms with Gasteiger partial charge in [0.1, 0.15) is 0 Å². The molecule has 2 spiro atoms. The number of benzene rings is 16. The zero-order valence-corrected chi connectivity index (χ0v) is 61.1. The van der Waals surface area contributed by atoms with Crippen molar-refractivity contribution < 1.29 is 0 Å². The molecule has 2 heterocycles. The van der Waals surface area contributed by atoms with Crippen LogP contribution in [0.15, 0.2) is 418 Å². The third-order valence-electron chi connectivity index (χ3n) is 22.6. The number of aromatic nitrogens is 2. The molecule has 4 aliphatic rings. The predicted molar refractivity (Wildman–Crippen MR) is 456 cm³/mol. The molecule has 512 valence electrons. The average molecular weight is 1450 g/mol. The van der Waals surface area contributed by atoms with E-state index < -0.39 is 5.41 Å². The monoisotopic (exact) mass is 1450 g/mol. The lowest BCUT2D eigenvalue weighted by Gasteiger charge is -2.32. The van der Waals surface area contributed by atoms with Crippen LogP contribution in [0, 0.1) is 0 Å². The van der Waals surface area contributed by atoms with E-state index in [0.717, 1.165) is 38.5 Å². The van der Waals surface area contributed by atoms with Crippen LogP contribution in [0.2, 0.25) is 0 Å². The smallest absolute Gasteiger partial charge is 0.0731 e. The van der Waals surface area contributed by atoms with Gasteiger partial charge in [-0.15, -0.1) is 0 Å². The molecule has 0 atom stereocenters. The molecule has 4 nitrogen and oxygen atoms in total. The van der Waals surface area contributed by atoms with E-state index in [1.54, 1.807) is 12.4 Å². The van der Waals surface area contributed by atoms with E-state index in [0.29, 0.717) is 0 Å². The summed E-state index contributed by atoms with van der Waals surface area (Å²) in [5.74, 6) is 0. The molecule has 4 aliphatic carbocycles. The van der Waals surface area contributed by atoms with Crippen LogP contribution in [-0.4, -0.2) is 9.97 Å². The summed E-state index contributed by atoms with van der Waals surface area (Å²) in [5, 5.41) is 8.41. The minimum absolute atomic E-state index is 0.387. The van der Waals surface area contributed by atoms with E-state index in [9.17, 15) is 0 Å². The Labute approximate surface area is 643 Å². The molecule has 0 amide bonds. The summed E-state index contributed by atoms with van der Waals surface area (Å²) in [4.78, 5) is 10.7. The number of fused-ring (bicyclic) bond motifs is 24. The zero-order chi connectivity index (χ0) is 72.4. The highest BCUT2D eigenvalue weighted by atomic mass is 79.9. The molecule has 2 aromatic heterocycles. The van der Waals surface area contributed by atoms with Crippen molar-refractivity contribution in [1.82, 2.24) is 9.97 Å². The molecule has 0 saturated heterocycles. The molecular weight excluding hydrogens is 1390 g/mol. The first-order valence-corrected chi connectivity index (χ1v) is 38.1. The maximum atomic E-state index is 4.44. The molecule has 16 aromatic carbocycles. The highest BCUT2D eigenvalue weighted by Crippen LogP contribution is 2.67. The fourth-order valence-corrected chi connectivity index (χ4v) is 18.6. The molecule has 22 rings (SSSR count). The Hall–Kier alpha value is -13.6. The summed E-state index contributed by atoms with van der Waals surface area (Å²) in [5.41, 5.74) is 35.9. The first kappa shape index (κ1) is 65.0. The molecule has 0 fully saturated rings. The molecule has 0 bridgehead atoms. The fraction of sp³-hybridized carbons (Fsp3) is 0.0192. The number of hydrogen-bond acceptors (Lipinski definition) is 4. The Morgan fingerprint density at radius 3 is 1.12 bits per heavy atom. The third-order valence-corrected chi connectivity index (χ3v) is 23.1. The van der Waals surface area contributed by atoms with Crippen LogP contribution in [0.1, 0.15) is 44.5 Å². The quantitative estimate of drug-likeness (QED) is 0.156. The van der Waals surface area contributed by atoms with Gasteiger partial charge in [-0.2, -0.15) is 0 Å². The summed E-state index contributed by atoms with van der Waals surface area (Å²) in [7, 11) is 0. The first-order chi connectivity index (χ1) is 54.0. The van der Waals surface area contributed by atoms with Crippen molar-refractivity contribution in [3.63, 3.8) is 0 Å². The zero-order valence-electron chi connectivity index (χ0n) is 59.5. The van der Waals surface area contributed by atoms with Gasteiger partial charge in [0.05, 0.1) is 34.6 Å². The van der Waals surface area contributed by atoms with E-state index in [-0.39, 0.29) is 5.41 Å². The van der Waals surface area contributed by atoms with Crippen molar-refractivity contribution in [2.75, 3.05) is 10.2 Å². The van der Waals surface area contributed by atoms with Crippen LogP contribution >= 0.6 is 15.9 Å². The molecule has 109 heavy (non-hydrogen) atoms. The van der Waals surface area contributed by atoms with Gasteiger partial charge < -0.3 is 10.2 Å². The van der Waals surface area contributed by atoms with Crippen LogP contribution in [0.4, 0.5) is 28.4 Å². The van der Waals surface area contributed by atoms with E-state index >= 15 is 0 Å². The molecule has 5 heteroatoms. The molecule has 1 N–H and O–H groups in total. The minimum Gasteiger partial charge on any atom is -0.354 e. The predicted octanol–water partition coefficient (Wildman–Crippen LogP) is 27.5. The number of anilines is 5. The third kappa shape index (κ3) is 10.7. The van der Waals surface area contributed by atoms with Crippen LogP contribution in [-0.2, 0) is 10.8 Å². The highest BCUT2D eigenvalue weighted by Gasteiger charge is 2.55. The van der Waals surface area contributed by atoms with Gasteiger partial charge in [-0.25, -0.2) is 0 Å². The average Bonchev–Trinajstić information content (AvgIpc) is 1.51. The van der Waals surface area contributed by atoms with Crippen LogP contribution in [0.3, 0.4) is 0 Å². The lowest BCUT2D eigenvalue weighted by molar-refractivity contribution is 0.796. The van der Waals surface area contributed by atoms with Crippen LogP contribution in [0.5, 0.6) is 0 Å². The highest BCUT2D eigenvalue weighted by molar-refractivity contribution is 9.10. The van der Waals surface area contributed by atoms with Crippen LogP contribution in [0.25, 0.3) is 111 Å². The molecular formula is C104H69BrN4. The van der Waals surface area contributed by atoms with Gasteiger partial charge in [0.15, 0.2) is 0 Å². The van der Waals surface area contributed by atoms with Gasteiger partial charge in [0.2, 0.25) is 0 Å². The topological polar surface area (TPSA) is 41.1 Å². The summed E-state index contributed by atoms with van der Waals surface area (Å²) < 4.78 is 1.09. The van der Waals surface area contributed by atoms with Crippen molar-refractivity contribution in [1.29, 1.82) is 0 Å². The Balaban J connectivity index is 0.000000125. The van der Waals surface area contributed by atoms with Gasteiger partial charge in [-0.1, -0.05) is 331 Å². The Bertz CT molecular complexity index is 6350. The maximum Gasteiger partial charge on any atom is 0.0731 e. The van der Waals surface area contributed by atoms with Crippen molar-refractivity contribution >= 4 is 65.9 Å². The summed E-state index contributed by atoms with van der Waals surface area (Å²) in [6.45, 7) is 0. The van der Waals surface area contributed by atoms with Crippen molar-refractivity contribution in [2.24, 2.45) is 0 Å². The van der Waals surface area contributed by atoms with Crippen molar-refractivity contribution in [3.05, 3.63) is 462 Å². The minimum atomic E-state index is -0.432. The van der Waals surface area contributed by atoms with Gasteiger partial charge in [0, 0.05) is 33.9 Å². The van der Waals surface area contributed by atoms with Gasteiger partial charge in [-0.05, 0) is 228 Å². The summed E-state index contributed by atoms with van der Waals surface area (Å²) in [6.07, 6.45) is 7.30. The first-order valence-electron chi connectivity index (χ1n) is 37.3. The Morgan fingerprint density at radius 2 is 0.633 bits per heavy atom. The maximum absolute atomic E-state index is 4.44. The van der Waals surface area contributed by atoms with Gasteiger partial charge >= 0.3 is 0 Å². The van der Waals surface area contributed by atoms with E-state index in [4.69, 9.17) is 0 Å². The second kappa shape index (κ2) is 27.1. The molecule has 0 radical (unpaired) electrons. The normalized spacial score (nSPS) is 12.8. The van der Waals surface area contributed by atoms with E-state index in [2.05, 4.69) is 376 Å². The number of rotatable bonds is 9. The fourth-order valence-electron chi connectivity index (χ4n) is 18.2. The Kier molecular flexibility index (Phi) is 16.1. The number of para-hydroxylation sites is 2. The summed E-state index contributed by atoms with van der Waals surface area (Å²) >= 11 is 3.64. The van der Waals surface area contributed by atoms with E-state index in [1.165, 1.54) is 150 Å². The number of nitrogens with zero attached hydrogens (tertiary/aromatic N) is 3. The second-order valence-corrected chi connectivity index (χ2v) is 29.3. The van der Waals surface area contributed by atoms with Crippen LogP contribution < -0.4 is 10.2 Å². The largest absolute Gasteiger partial charge is 0.354 e. The van der Waals surface area contributed by atoms with Crippen molar-refractivity contribution in [2.45, 2.75) is 10.8 Å². The lowest BCUT2D eigenvalue weighted by atomic mass is 9.68. The lowest BCUT2D eigenvalue weighted by Crippen LogP contribution is -2.26. The number of halogens is 1. The van der Waals surface area contributed by atoms with Crippen molar-refractivity contribution in [3.8, 4) is 89.0 Å². The standard InChI is InChI=1S/C52H34N2.C41H25Br.C11H10N2/c1-2-15-39(16-3-1)54(41-18-12-32-53-34-41)40-17-10-14-38(33-40)35-26-28-37(29-27-35)43-22-11-23-46-50-42-19-5-4-13-36(42)30-31-49(50)52(51(43)46)47-24-8-6-20-44(47)45-21-7-9-25-48(45)52;42-30-11-7-10-29(25-30)26-19-21-28(22-20-26)32-15-8-16-35-39-31-12-2-1-9-27(31)23-24-38(39)41(40(32)35)36-17-5-3-13-33(36)34-14-4-6-18-37(34)41;1-2-5-10(6-3-1)13-11-7-4-8-12-9-11/h1-34H;1-25H;1-9,13H. The Morgan fingerprint density at radius 1 is 0.248 bits per heavy atom.